The van der Waals surface area contributed by atoms with Crippen LogP contribution < -0.4 is 5.32 Å². The number of hydrogen-bond acceptors (Lipinski definition) is 5. The summed E-state index contributed by atoms with van der Waals surface area (Å²) in [6.45, 7) is 2.48. The summed E-state index contributed by atoms with van der Waals surface area (Å²) in [5, 5.41) is 7.39. The van der Waals surface area contributed by atoms with E-state index in [0.29, 0.717) is 11.7 Å². The van der Waals surface area contributed by atoms with E-state index in [2.05, 4.69) is 15.5 Å². The highest BCUT2D eigenvalue weighted by molar-refractivity contribution is 5.80. The summed E-state index contributed by atoms with van der Waals surface area (Å²) in [4.78, 5) is 19.4. The fourth-order valence-corrected chi connectivity index (χ4v) is 3.63. The maximum atomic E-state index is 12.9. The van der Waals surface area contributed by atoms with Gasteiger partial charge in [-0.15, -0.1) is 0 Å². The normalized spacial score (nSPS) is 24.2. The number of piperidine rings is 1. The molecule has 2 saturated heterocycles. The molecule has 0 saturated carbocycles. The molecule has 2 atom stereocenters. The van der Waals surface area contributed by atoms with Crippen LogP contribution >= 0.6 is 0 Å². The second-order valence-electron chi connectivity index (χ2n) is 6.56. The SMILES string of the molecule is O=C(C1CCNC1)N1CCCCC1c1nc(-c2ccccc2)no1. The number of benzene rings is 1. The summed E-state index contributed by atoms with van der Waals surface area (Å²) in [5.74, 6) is 1.46. The molecule has 4 rings (SSSR count). The van der Waals surface area contributed by atoms with Crippen LogP contribution in [0.2, 0.25) is 0 Å². The van der Waals surface area contributed by atoms with Crippen molar-refractivity contribution in [3.63, 3.8) is 0 Å². The lowest BCUT2D eigenvalue weighted by molar-refractivity contribution is -0.139. The standard InChI is InChI=1S/C18H22N4O2/c23-18(14-9-10-19-12-14)22-11-5-4-8-15(22)17-20-16(21-24-17)13-6-2-1-3-7-13/h1-3,6-7,14-15,19H,4-5,8-12H2. The predicted octanol–water partition coefficient (Wildman–Crippen LogP) is 2.40. The van der Waals surface area contributed by atoms with Crippen LogP contribution in [-0.4, -0.2) is 40.6 Å². The fraction of sp³-hybridized carbons (Fsp3) is 0.500. The van der Waals surface area contributed by atoms with Crippen molar-refractivity contribution in [2.24, 2.45) is 5.92 Å². The first-order valence-electron chi connectivity index (χ1n) is 8.73. The molecule has 2 fully saturated rings. The van der Waals surface area contributed by atoms with Gasteiger partial charge < -0.3 is 14.7 Å². The maximum Gasteiger partial charge on any atom is 0.249 e. The van der Waals surface area contributed by atoms with Gasteiger partial charge in [0.1, 0.15) is 6.04 Å². The van der Waals surface area contributed by atoms with Gasteiger partial charge in [0.05, 0.1) is 5.92 Å². The number of nitrogens with one attached hydrogen (secondary N) is 1. The fourth-order valence-electron chi connectivity index (χ4n) is 3.63. The molecule has 6 heteroatoms. The van der Waals surface area contributed by atoms with Crippen molar-refractivity contribution in [1.82, 2.24) is 20.4 Å². The minimum atomic E-state index is -0.0863. The number of carbonyl (C=O) groups is 1. The van der Waals surface area contributed by atoms with Crippen LogP contribution in [0.4, 0.5) is 0 Å². The molecular weight excluding hydrogens is 304 g/mol. The monoisotopic (exact) mass is 326 g/mol. The third-order valence-corrected chi connectivity index (χ3v) is 4.95. The number of amides is 1. The summed E-state index contributed by atoms with van der Waals surface area (Å²) in [6.07, 6.45) is 3.94. The lowest BCUT2D eigenvalue weighted by Gasteiger charge is -2.35. The van der Waals surface area contributed by atoms with Crippen LogP contribution in [0.5, 0.6) is 0 Å². The number of rotatable bonds is 3. The topological polar surface area (TPSA) is 71.3 Å². The van der Waals surface area contributed by atoms with Crippen molar-refractivity contribution in [3.8, 4) is 11.4 Å². The second kappa shape index (κ2) is 6.73. The first kappa shape index (κ1) is 15.3. The van der Waals surface area contributed by atoms with Gasteiger partial charge in [-0.25, -0.2) is 0 Å². The molecular formula is C18H22N4O2. The number of carbonyl (C=O) groups excluding carboxylic acids is 1. The van der Waals surface area contributed by atoms with Gasteiger partial charge in [-0.1, -0.05) is 35.5 Å². The van der Waals surface area contributed by atoms with Crippen molar-refractivity contribution >= 4 is 5.91 Å². The van der Waals surface area contributed by atoms with Crippen LogP contribution in [0.15, 0.2) is 34.9 Å². The average Bonchev–Trinajstić information content (AvgIpc) is 3.34. The minimum Gasteiger partial charge on any atom is -0.337 e. The Labute approximate surface area is 141 Å². The highest BCUT2D eigenvalue weighted by Gasteiger charge is 2.36. The van der Waals surface area contributed by atoms with Crippen LogP contribution in [0.25, 0.3) is 11.4 Å². The van der Waals surface area contributed by atoms with Gasteiger partial charge in [0.25, 0.3) is 0 Å². The van der Waals surface area contributed by atoms with Crippen molar-refractivity contribution in [2.75, 3.05) is 19.6 Å². The van der Waals surface area contributed by atoms with Crippen molar-refractivity contribution in [3.05, 3.63) is 36.2 Å². The molecule has 2 aliphatic heterocycles. The van der Waals surface area contributed by atoms with E-state index in [4.69, 9.17) is 4.52 Å². The largest absolute Gasteiger partial charge is 0.337 e. The highest BCUT2D eigenvalue weighted by Crippen LogP contribution is 2.32. The molecule has 6 nitrogen and oxygen atoms in total. The molecule has 1 aromatic carbocycles. The quantitative estimate of drug-likeness (QED) is 0.938. The summed E-state index contributed by atoms with van der Waals surface area (Å²) < 4.78 is 5.53. The zero-order valence-electron chi connectivity index (χ0n) is 13.6. The molecule has 1 N–H and O–H groups in total. The van der Waals surface area contributed by atoms with E-state index in [1.807, 2.05) is 35.2 Å². The van der Waals surface area contributed by atoms with Crippen LogP contribution in [0.3, 0.4) is 0 Å². The average molecular weight is 326 g/mol. The first-order valence-corrected chi connectivity index (χ1v) is 8.73. The minimum absolute atomic E-state index is 0.0853. The van der Waals surface area contributed by atoms with Crippen LogP contribution in [0, 0.1) is 5.92 Å². The molecule has 126 valence electrons. The van der Waals surface area contributed by atoms with E-state index in [1.165, 1.54) is 0 Å². The van der Waals surface area contributed by atoms with E-state index < -0.39 is 0 Å². The maximum absolute atomic E-state index is 12.9. The van der Waals surface area contributed by atoms with Crippen molar-refractivity contribution < 1.29 is 9.32 Å². The Morgan fingerprint density at radius 1 is 1.21 bits per heavy atom. The van der Waals surface area contributed by atoms with Crippen molar-refractivity contribution in [1.29, 1.82) is 0 Å². The van der Waals surface area contributed by atoms with E-state index in [-0.39, 0.29) is 17.9 Å². The number of likely N-dealkylation sites (tertiary alicyclic amines) is 1. The Hall–Kier alpha value is -2.21. The Morgan fingerprint density at radius 3 is 2.88 bits per heavy atom. The van der Waals surface area contributed by atoms with Crippen LogP contribution in [-0.2, 0) is 4.79 Å². The van der Waals surface area contributed by atoms with Gasteiger partial charge in [0.15, 0.2) is 0 Å². The molecule has 0 radical (unpaired) electrons. The molecule has 0 spiro atoms. The third-order valence-electron chi connectivity index (χ3n) is 4.95. The van der Waals surface area contributed by atoms with E-state index >= 15 is 0 Å². The van der Waals surface area contributed by atoms with Gasteiger partial charge in [0.2, 0.25) is 17.6 Å². The summed E-state index contributed by atoms with van der Waals surface area (Å²) in [5.41, 5.74) is 0.932. The highest BCUT2D eigenvalue weighted by atomic mass is 16.5. The molecule has 24 heavy (non-hydrogen) atoms. The molecule has 2 unspecified atom stereocenters. The number of aromatic nitrogens is 2. The predicted molar refractivity (Wildman–Crippen MR) is 89.0 cm³/mol. The van der Waals surface area contributed by atoms with E-state index in [0.717, 1.165) is 50.9 Å². The lowest BCUT2D eigenvalue weighted by atomic mass is 9.98. The summed E-state index contributed by atoms with van der Waals surface area (Å²) >= 11 is 0. The summed E-state index contributed by atoms with van der Waals surface area (Å²) in [7, 11) is 0. The Bertz CT molecular complexity index is 694. The van der Waals surface area contributed by atoms with Gasteiger partial charge in [0, 0.05) is 18.7 Å². The van der Waals surface area contributed by atoms with Gasteiger partial charge in [-0.3, -0.25) is 4.79 Å². The molecule has 0 aliphatic carbocycles. The molecule has 3 heterocycles. The van der Waals surface area contributed by atoms with Gasteiger partial charge >= 0.3 is 0 Å². The van der Waals surface area contributed by atoms with E-state index in [9.17, 15) is 4.79 Å². The van der Waals surface area contributed by atoms with Crippen LogP contribution in [0.1, 0.15) is 37.6 Å². The zero-order chi connectivity index (χ0) is 16.4. The first-order chi connectivity index (χ1) is 11.8. The Balaban J connectivity index is 1.57. The van der Waals surface area contributed by atoms with Gasteiger partial charge in [-0.05, 0) is 32.2 Å². The molecule has 1 aromatic heterocycles. The zero-order valence-corrected chi connectivity index (χ0v) is 13.6. The van der Waals surface area contributed by atoms with E-state index in [1.54, 1.807) is 0 Å². The van der Waals surface area contributed by atoms with Gasteiger partial charge in [-0.2, -0.15) is 4.98 Å². The second-order valence-corrected chi connectivity index (χ2v) is 6.56. The number of hydrogen-bond donors (Lipinski definition) is 1. The van der Waals surface area contributed by atoms with Crippen molar-refractivity contribution in [2.45, 2.75) is 31.7 Å². The third kappa shape index (κ3) is 2.94. The number of nitrogens with zero attached hydrogens (tertiary/aromatic N) is 3. The smallest absolute Gasteiger partial charge is 0.249 e. The lowest BCUT2D eigenvalue weighted by Crippen LogP contribution is -2.42. The summed E-state index contributed by atoms with van der Waals surface area (Å²) in [6, 6.07) is 9.70. The Morgan fingerprint density at radius 2 is 2.08 bits per heavy atom. The molecule has 2 aliphatic rings. The molecule has 1 amide bonds. The Kier molecular flexibility index (Phi) is 4.30. The molecule has 2 aromatic rings. The molecule has 0 bridgehead atoms.